The van der Waals surface area contributed by atoms with E-state index >= 15 is 0 Å². The third-order valence-corrected chi connectivity index (χ3v) is 5.68. The Labute approximate surface area is 183 Å². The molecule has 1 fully saturated rings. The van der Waals surface area contributed by atoms with Crippen LogP contribution >= 0.6 is 0 Å². The fourth-order valence-corrected chi connectivity index (χ4v) is 3.84. The Balaban J connectivity index is 1.37. The van der Waals surface area contributed by atoms with Crippen molar-refractivity contribution in [3.8, 4) is 0 Å². The number of rotatable bonds is 9. The van der Waals surface area contributed by atoms with Gasteiger partial charge in [0.1, 0.15) is 0 Å². The van der Waals surface area contributed by atoms with Crippen LogP contribution in [0.25, 0.3) is 10.8 Å². The number of carbonyl (C=O) groups excluding carboxylic acids is 3. The maximum absolute atomic E-state index is 12.5. The number of likely N-dealkylation sites (tertiary alicyclic amines) is 1. The van der Waals surface area contributed by atoms with Crippen molar-refractivity contribution in [2.45, 2.75) is 25.7 Å². The van der Waals surface area contributed by atoms with E-state index in [0.717, 1.165) is 17.2 Å². The molecule has 166 valence electrons. The van der Waals surface area contributed by atoms with Crippen LogP contribution in [-0.2, 0) is 14.3 Å². The van der Waals surface area contributed by atoms with Crippen molar-refractivity contribution in [2.75, 3.05) is 39.9 Å². The Hall–Kier alpha value is -2.93. The van der Waals surface area contributed by atoms with E-state index in [4.69, 9.17) is 4.74 Å². The molecule has 0 atom stereocenters. The molecule has 0 aliphatic carbocycles. The monoisotopic (exact) mass is 425 g/mol. The second-order valence-corrected chi connectivity index (χ2v) is 7.86. The van der Waals surface area contributed by atoms with Crippen molar-refractivity contribution < 1.29 is 19.1 Å². The van der Waals surface area contributed by atoms with Gasteiger partial charge in [-0.1, -0.05) is 30.3 Å². The van der Waals surface area contributed by atoms with Gasteiger partial charge in [-0.25, -0.2) is 0 Å². The van der Waals surface area contributed by atoms with Crippen molar-refractivity contribution in [1.29, 1.82) is 0 Å². The molecule has 0 aromatic heterocycles. The second-order valence-electron chi connectivity index (χ2n) is 7.86. The lowest BCUT2D eigenvalue weighted by Crippen LogP contribution is -2.44. The quantitative estimate of drug-likeness (QED) is 0.604. The van der Waals surface area contributed by atoms with Crippen LogP contribution < -0.4 is 10.6 Å². The van der Waals surface area contributed by atoms with Crippen molar-refractivity contribution >= 4 is 28.5 Å². The lowest BCUT2D eigenvalue weighted by atomic mass is 9.95. The molecule has 2 N–H and O–H groups in total. The van der Waals surface area contributed by atoms with Gasteiger partial charge in [0.05, 0.1) is 0 Å². The van der Waals surface area contributed by atoms with E-state index in [1.807, 2.05) is 36.4 Å². The number of methoxy groups -OCH3 is 1. The molecule has 0 spiro atoms. The Morgan fingerprint density at radius 3 is 2.48 bits per heavy atom. The lowest BCUT2D eigenvalue weighted by molar-refractivity contribution is -0.135. The summed E-state index contributed by atoms with van der Waals surface area (Å²) in [6.07, 6.45) is 2.40. The minimum absolute atomic E-state index is 0.0118. The number of piperidine rings is 1. The molecule has 3 amide bonds. The van der Waals surface area contributed by atoms with Gasteiger partial charge in [0.2, 0.25) is 11.8 Å². The third-order valence-electron chi connectivity index (χ3n) is 5.68. The fourth-order valence-electron chi connectivity index (χ4n) is 3.84. The molecule has 1 heterocycles. The summed E-state index contributed by atoms with van der Waals surface area (Å²) in [5, 5.41) is 7.86. The zero-order valence-electron chi connectivity index (χ0n) is 18.1. The van der Waals surface area contributed by atoms with Crippen LogP contribution in [0.15, 0.2) is 42.5 Å². The van der Waals surface area contributed by atoms with Gasteiger partial charge in [-0.15, -0.1) is 0 Å². The van der Waals surface area contributed by atoms with E-state index < -0.39 is 0 Å². The van der Waals surface area contributed by atoms with Crippen LogP contribution in [0.4, 0.5) is 0 Å². The Bertz CT molecular complexity index is 907. The molecule has 2 aromatic carbocycles. The molecule has 1 aliphatic rings. The van der Waals surface area contributed by atoms with Crippen LogP contribution in [0.3, 0.4) is 0 Å². The highest BCUT2D eigenvalue weighted by Gasteiger charge is 2.26. The third kappa shape index (κ3) is 6.52. The van der Waals surface area contributed by atoms with Gasteiger partial charge < -0.3 is 20.3 Å². The second kappa shape index (κ2) is 11.5. The molecular weight excluding hydrogens is 394 g/mol. The van der Waals surface area contributed by atoms with Gasteiger partial charge >= 0.3 is 0 Å². The van der Waals surface area contributed by atoms with Gasteiger partial charge in [0.25, 0.3) is 5.91 Å². The van der Waals surface area contributed by atoms with Gasteiger partial charge in [-0.3, -0.25) is 14.4 Å². The summed E-state index contributed by atoms with van der Waals surface area (Å²) >= 11 is 0. The number of hydrogen-bond donors (Lipinski definition) is 2. The summed E-state index contributed by atoms with van der Waals surface area (Å²) in [6.45, 7) is 2.69. The highest BCUT2D eigenvalue weighted by atomic mass is 16.5. The van der Waals surface area contributed by atoms with Crippen LogP contribution in [0, 0.1) is 5.92 Å². The number of carbonyl (C=O) groups is 3. The first-order valence-electron chi connectivity index (χ1n) is 10.9. The maximum Gasteiger partial charge on any atom is 0.251 e. The number of amides is 3. The topological polar surface area (TPSA) is 87.7 Å². The molecule has 3 rings (SSSR count). The van der Waals surface area contributed by atoms with E-state index in [0.29, 0.717) is 51.2 Å². The molecule has 0 bridgehead atoms. The zero-order chi connectivity index (χ0) is 22.1. The molecule has 1 aliphatic heterocycles. The molecule has 0 radical (unpaired) electrons. The summed E-state index contributed by atoms with van der Waals surface area (Å²) < 4.78 is 4.98. The number of nitrogens with zero attached hydrogens (tertiary/aromatic N) is 1. The van der Waals surface area contributed by atoms with Crippen molar-refractivity contribution in [1.82, 2.24) is 15.5 Å². The molecule has 1 saturated heterocycles. The molecule has 31 heavy (non-hydrogen) atoms. The van der Waals surface area contributed by atoms with E-state index in [-0.39, 0.29) is 30.1 Å². The van der Waals surface area contributed by atoms with Crippen LogP contribution in [0.2, 0.25) is 0 Å². The summed E-state index contributed by atoms with van der Waals surface area (Å²) in [5.74, 6) is -0.148. The summed E-state index contributed by atoms with van der Waals surface area (Å²) in [5.41, 5.74) is 0.587. The van der Waals surface area contributed by atoms with Gasteiger partial charge in [0, 0.05) is 57.8 Å². The van der Waals surface area contributed by atoms with E-state index in [2.05, 4.69) is 10.6 Å². The smallest absolute Gasteiger partial charge is 0.251 e. The molecule has 7 nitrogen and oxygen atoms in total. The van der Waals surface area contributed by atoms with Crippen molar-refractivity contribution in [3.63, 3.8) is 0 Å². The normalized spacial score (nSPS) is 14.4. The van der Waals surface area contributed by atoms with Gasteiger partial charge in [-0.2, -0.15) is 0 Å². The number of benzene rings is 2. The Morgan fingerprint density at radius 2 is 1.74 bits per heavy atom. The minimum atomic E-state index is -0.178. The molecule has 0 unspecified atom stereocenters. The molecule has 0 saturated carbocycles. The summed E-state index contributed by atoms with van der Waals surface area (Å²) in [7, 11) is 1.64. The predicted octanol–water partition coefficient (Wildman–Crippen LogP) is 2.35. The van der Waals surface area contributed by atoms with Crippen molar-refractivity contribution in [3.05, 3.63) is 48.0 Å². The standard InChI is InChI=1S/C24H31N3O4/c1-31-16-4-12-25-23(29)19-10-14-27(15-11-19)22(28)9-13-26-24(30)21-8-7-18-5-2-3-6-20(18)17-21/h2-3,5-8,17,19H,4,9-16H2,1H3,(H,25,29)(H,26,30). The summed E-state index contributed by atoms with van der Waals surface area (Å²) in [4.78, 5) is 38.9. The molecular formula is C24H31N3O4. The number of hydrogen-bond acceptors (Lipinski definition) is 4. The predicted molar refractivity (Wildman–Crippen MR) is 120 cm³/mol. The first-order chi connectivity index (χ1) is 15.1. The van der Waals surface area contributed by atoms with Gasteiger partial charge in [-0.05, 0) is 42.2 Å². The first kappa shape index (κ1) is 22.7. The minimum Gasteiger partial charge on any atom is -0.385 e. The number of nitrogens with one attached hydrogen (secondary N) is 2. The average molecular weight is 426 g/mol. The Morgan fingerprint density at radius 1 is 1.00 bits per heavy atom. The fraction of sp³-hybridized carbons (Fsp3) is 0.458. The van der Waals surface area contributed by atoms with E-state index in [1.54, 1.807) is 18.1 Å². The summed E-state index contributed by atoms with van der Waals surface area (Å²) in [6, 6.07) is 13.5. The van der Waals surface area contributed by atoms with Crippen LogP contribution in [0.5, 0.6) is 0 Å². The zero-order valence-corrected chi connectivity index (χ0v) is 18.1. The molecule has 2 aromatic rings. The van der Waals surface area contributed by atoms with E-state index in [1.165, 1.54) is 0 Å². The Kier molecular flexibility index (Phi) is 8.41. The van der Waals surface area contributed by atoms with Gasteiger partial charge in [0.15, 0.2) is 0 Å². The highest BCUT2D eigenvalue weighted by molar-refractivity contribution is 5.98. The maximum atomic E-state index is 12.5. The van der Waals surface area contributed by atoms with Crippen molar-refractivity contribution in [2.24, 2.45) is 5.92 Å². The average Bonchev–Trinajstić information content (AvgIpc) is 2.81. The molecule has 7 heteroatoms. The number of ether oxygens (including phenoxy) is 1. The van der Waals surface area contributed by atoms with E-state index in [9.17, 15) is 14.4 Å². The first-order valence-corrected chi connectivity index (χ1v) is 10.9. The van der Waals surface area contributed by atoms with Crippen LogP contribution in [-0.4, -0.2) is 62.5 Å². The SMILES string of the molecule is COCCCNC(=O)C1CCN(C(=O)CCNC(=O)c2ccc3ccccc3c2)CC1. The lowest BCUT2D eigenvalue weighted by Gasteiger charge is -2.31. The highest BCUT2D eigenvalue weighted by Crippen LogP contribution is 2.18. The number of fused-ring (bicyclic) bond motifs is 1. The largest absolute Gasteiger partial charge is 0.385 e. The van der Waals surface area contributed by atoms with Crippen LogP contribution in [0.1, 0.15) is 36.0 Å².